The summed E-state index contributed by atoms with van der Waals surface area (Å²) in [6.07, 6.45) is 0.621. The second-order valence-electron chi connectivity index (χ2n) is 5.08. The van der Waals surface area contributed by atoms with Crippen molar-refractivity contribution in [3.8, 4) is 5.75 Å². The summed E-state index contributed by atoms with van der Waals surface area (Å²) >= 11 is 0. The predicted octanol–water partition coefficient (Wildman–Crippen LogP) is 2.05. The Morgan fingerprint density at radius 3 is 2.71 bits per heavy atom. The van der Waals surface area contributed by atoms with Crippen LogP contribution in [-0.2, 0) is 4.79 Å². The Labute approximate surface area is 122 Å². The average molecular weight is 296 g/mol. The second-order valence-corrected chi connectivity index (χ2v) is 5.08. The Kier molecular flexibility index (Phi) is 6.61. The Morgan fingerprint density at radius 2 is 2.14 bits per heavy atom. The lowest BCUT2D eigenvalue weighted by Gasteiger charge is -2.18. The Morgan fingerprint density at radius 1 is 1.48 bits per heavy atom. The third-order valence-corrected chi connectivity index (χ3v) is 3.12. The zero-order valence-corrected chi connectivity index (χ0v) is 11.9. The minimum atomic E-state index is -0.878. The minimum Gasteiger partial charge on any atom is -0.487 e. The fraction of sp³-hybridized carbons (Fsp3) is 0.500. The first kappa shape index (κ1) is 16.9. The highest BCUT2D eigenvalue weighted by molar-refractivity contribution is 5.67. The molecule has 116 valence electrons. The van der Waals surface area contributed by atoms with Crippen molar-refractivity contribution < 1.29 is 19.6 Å². The van der Waals surface area contributed by atoms with Gasteiger partial charge in [-0.3, -0.25) is 14.9 Å². The molecule has 0 radical (unpaired) electrons. The van der Waals surface area contributed by atoms with Crippen LogP contribution >= 0.6 is 0 Å². The van der Waals surface area contributed by atoms with Crippen LogP contribution in [0.5, 0.6) is 5.75 Å². The molecule has 3 N–H and O–H groups in total. The molecule has 2 atom stereocenters. The van der Waals surface area contributed by atoms with E-state index in [0.717, 1.165) is 0 Å². The first-order valence-corrected chi connectivity index (χ1v) is 6.72. The molecule has 0 aliphatic carbocycles. The highest BCUT2D eigenvalue weighted by Crippen LogP contribution is 2.27. The van der Waals surface area contributed by atoms with Crippen molar-refractivity contribution in [1.29, 1.82) is 0 Å². The summed E-state index contributed by atoms with van der Waals surface area (Å²) in [5.74, 6) is -0.723. The highest BCUT2D eigenvalue weighted by Gasteiger charge is 2.18. The van der Waals surface area contributed by atoms with Gasteiger partial charge in [0.1, 0.15) is 0 Å². The smallest absolute Gasteiger partial charge is 0.310 e. The van der Waals surface area contributed by atoms with E-state index in [4.69, 9.17) is 15.6 Å². The lowest BCUT2D eigenvalue weighted by molar-refractivity contribution is -0.385. The zero-order chi connectivity index (χ0) is 15.8. The van der Waals surface area contributed by atoms with Gasteiger partial charge in [-0.1, -0.05) is 19.1 Å². The van der Waals surface area contributed by atoms with Crippen molar-refractivity contribution in [2.75, 3.05) is 13.2 Å². The fourth-order valence-corrected chi connectivity index (χ4v) is 2.11. The Hall–Kier alpha value is -2.15. The number of nitrogens with zero attached hydrogens (tertiary/aromatic N) is 1. The van der Waals surface area contributed by atoms with E-state index in [1.165, 1.54) is 6.07 Å². The van der Waals surface area contributed by atoms with Crippen LogP contribution in [0.1, 0.15) is 19.8 Å². The summed E-state index contributed by atoms with van der Waals surface area (Å²) in [5, 5.41) is 19.6. The number of hydrogen-bond donors (Lipinski definition) is 2. The molecule has 0 saturated carbocycles. The number of para-hydroxylation sites is 2. The van der Waals surface area contributed by atoms with E-state index in [1.807, 2.05) is 6.92 Å². The van der Waals surface area contributed by atoms with Crippen LogP contribution in [0.2, 0.25) is 0 Å². The number of hydrogen-bond acceptors (Lipinski definition) is 5. The summed E-state index contributed by atoms with van der Waals surface area (Å²) < 4.78 is 5.48. The van der Waals surface area contributed by atoms with Crippen molar-refractivity contribution in [3.05, 3.63) is 34.4 Å². The van der Waals surface area contributed by atoms with E-state index in [1.54, 1.807) is 18.2 Å². The summed E-state index contributed by atoms with van der Waals surface area (Å²) in [5.41, 5.74) is 5.47. The molecule has 7 nitrogen and oxygen atoms in total. The highest BCUT2D eigenvalue weighted by atomic mass is 16.6. The summed E-state index contributed by atoms with van der Waals surface area (Å²) in [6, 6.07) is 6.17. The topological polar surface area (TPSA) is 116 Å². The van der Waals surface area contributed by atoms with Gasteiger partial charge in [-0.15, -0.1) is 0 Å². The second kappa shape index (κ2) is 8.21. The molecule has 7 heteroatoms. The molecule has 0 spiro atoms. The molecule has 21 heavy (non-hydrogen) atoms. The molecule has 2 unspecified atom stereocenters. The van der Waals surface area contributed by atoms with Gasteiger partial charge in [0.15, 0.2) is 5.75 Å². The van der Waals surface area contributed by atoms with Gasteiger partial charge in [-0.25, -0.2) is 0 Å². The minimum absolute atomic E-state index is 0.0202. The lowest BCUT2D eigenvalue weighted by Crippen LogP contribution is -2.22. The van der Waals surface area contributed by atoms with Crippen LogP contribution in [0.4, 0.5) is 5.69 Å². The SMILES string of the molecule is CC(COc1ccccc1[N+](=O)[O-])CC(CN)CC(=O)O. The Balaban J connectivity index is 2.55. The van der Waals surface area contributed by atoms with E-state index in [2.05, 4.69) is 0 Å². The molecular weight excluding hydrogens is 276 g/mol. The van der Waals surface area contributed by atoms with E-state index in [-0.39, 0.29) is 36.3 Å². The molecule has 1 aromatic rings. The van der Waals surface area contributed by atoms with E-state index in [0.29, 0.717) is 13.0 Å². The van der Waals surface area contributed by atoms with Gasteiger partial charge in [0.25, 0.3) is 0 Å². The predicted molar refractivity (Wildman–Crippen MR) is 77.2 cm³/mol. The fourth-order valence-electron chi connectivity index (χ4n) is 2.11. The van der Waals surface area contributed by atoms with Gasteiger partial charge in [-0.2, -0.15) is 0 Å². The maximum Gasteiger partial charge on any atom is 0.310 e. The van der Waals surface area contributed by atoms with E-state index >= 15 is 0 Å². The Bertz CT molecular complexity index is 492. The van der Waals surface area contributed by atoms with Crippen molar-refractivity contribution in [2.45, 2.75) is 19.8 Å². The molecule has 0 bridgehead atoms. The molecule has 0 aromatic heterocycles. The monoisotopic (exact) mass is 296 g/mol. The third kappa shape index (κ3) is 5.78. The lowest BCUT2D eigenvalue weighted by atomic mass is 9.93. The van der Waals surface area contributed by atoms with E-state index in [9.17, 15) is 14.9 Å². The molecule has 0 aliphatic heterocycles. The number of carboxylic acid groups (broad SMARTS) is 1. The quantitative estimate of drug-likeness (QED) is 0.532. The van der Waals surface area contributed by atoms with Crippen molar-refractivity contribution in [1.82, 2.24) is 0 Å². The van der Waals surface area contributed by atoms with Gasteiger partial charge < -0.3 is 15.6 Å². The number of aliphatic carboxylic acids is 1. The first-order chi connectivity index (χ1) is 9.93. The molecule has 1 aromatic carbocycles. The number of benzene rings is 1. The van der Waals surface area contributed by atoms with Crippen LogP contribution in [0, 0.1) is 22.0 Å². The van der Waals surface area contributed by atoms with Gasteiger partial charge >= 0.3 is 11.7 Å². The molecule has 0 aliphatic rings. The molecule has 0 amide bonds. The molecule has 0 fully saturated rings. The molecule has 1 rings (SSSR count). The number of rotatable bonds is 9. The maximum atomic E-state index is 10.9. The van der Waals surface area contributed by atoms with Gasteiger partial charge in [0.05, 0.1) is 11.5 Å². The third-order valence-electron chi connectivity index (χ3n) is 3.12. The number of nitrogens with two attached hydrogens (primary N) is 1. The first-order valence-electron chi connectivity index (χ1n) is 6.72. The summed E-state index contributed by atoms with van der Waals surface area (Å²) in [7, 11) is 0. The molecular formula is C14H20N2O5. The van der Waals surface area contributed by atoms with Gasteiger partial charge in [0.2, 0.25) is 0 Å². The van der Waals surface area contributed by atoms with Crippen LogP contribution in [0.25, 0.3) is 0 Å². The van der Waals surface area contributed by atoms with E-state index < -0.39 is 10.9 Å². The van der Waals surface area contributed by atoms with Gasteiger partial charge in [0, 0.05) is 12.5 Å². The molecule has 0 saturated heterocycles. The number of ether oxygens (including phenoxy) is 1. The number of nitro groups is 1. The van der Waals surface area contributed by atoms with Gasteiger partial charge in [-0.05, 0) is 30.9 Å². The normalized spacial score (nSPS) is 13.4. The zero-order valence-electron chi connectivity index (χ0n) is 11.9. The number of carboxylic acids is 1. The number of nitro benzene ring substituents is 1. The number of carbonyl (C=O) groups is 1. The largest absolute Gasteiger partial charge is 0.487 e. The van der Waals surface area contributed by atoms with Crippen LogP contribution in [-0.4, -0.2) is 29.2 Å². The standard InChI is InChI=1S/C14H20N2O5/c1-10(6-11(8-15)7-14(17)18)9-21-13-5-3-2-4-12(13)16(19)20/h2-5,10-11H,6-9,15H2,1H3,(H,17,18). The van der Waals surface area contributed by atoms with Crippen molar-refractivity contribution >= 4 is 11.7 Å². The summed E-state index contributed by atoms with van der Waals surface area (Å²) in [6.45, 7) is 2.47. The van der Waals surface area contributed by atoms with Crippen LogP contribution < -0.4 is 10.5 Å². The van der Waals surface area contributed by atoms with Crippen molar-refractivity contribution in [3.63, 3.8) is 0 Å². The van der Waals surface area contributed by atoms with Crippen LogP contribution in [0.3, 0.4) is 0 Å². The van der Waals surface area contributed by atoms with Crippen LogP contribution in [0.15, 0.2) is 24.3 Å². The van der Waals surface area contributed by atoms with Crippen molar-refractivity contribution in [2.24, 2.45) is 17.6 Å². The molecule has 0 heterocycles. The summed E-state index contributed by atoms with van der Waals surface area (Å²) in [4.78, 5) is 21.0. The maximum absolute atomic E-state index is 10.9. The average Bonchev–Trinajstić information content (AvgIpc) is 2.44.